The van der Waals surface area contributed by atoms with Gasteiger partial charge in [0.1, 0.15) is 5.75 Å². The van der Waals surface area contributed by atoms with E-state index in [4.69, 9.17) is 4.74 Å². The van der Waals surface area contributed by atoms with Crippen LogP contribution in [0.2, 0.25) is 0 Å². The monoisotopic (exact) mass is 456 g/mol. The van der Waals surface area contributed by atoms with Crippen LogP contribution in [-0.2, 0) is 4.79 Å². The maximum atomic E-state index is 13.5. The minimum absolute atomic E-state index is 0.00480. The van der Waals surface area contributed by atoms with E-state index in [-0.39, 0.29) is 11.5 Å². The summed E-state index contributed by atoms with van der Waals surface area (Å²) in [5, 5.41) is 10.9. The summed E-state index contributed by atoms with van der Waals surface area (Å²) < 4.78 is 5.16. The van der Waals surface area contributed by atoms with Gasteiger partial charge in [-0.1, -0.05) is 30.3 Å². The van der Waals surface area contributed by atoms with Crippen LogP contribution in [0.15, 0.2) is 90.2 Å². The van der Waals surface area contributed by atoms with E-state index in [1.54, 1.807) is 74.8 Å². The zero-order valence-corrected chi connectivity index (χ0v) is 19.1. The Kier molecular flexibility index (Phi) is 6.19. The van der Waals surface area contributed by atoms with Crippen LogP contribution in [0.1, 0.15) is 32.3 Å². The Hall–Kier alpha value is -4.39. The average Bonchev–Trinajstić information content (AvgIpc) is 3.14. The number of rotatable bonds is 6. The lowest BCUT2D eigenvalue weighted by Gasteiger charge is -2.27. The molecular formula is C27H24N2O5. The normalized spacial score (nSPS) is 15.4. The summed E-state index contributed by atoms with van der Waals surface area (Å²) in [6.45, 7) is 0. The molecule has 34 heavy (non-hydrogen) atoms. The van der Waals surface area contributed by atoms with E-state index >= 15 is 0 Å². The first kappa shape index (κ1) is 22.8. The first-order valence-corrected chi connectivity index (χ1v) is 10.7. The maximum Gasteiger partial charge on any atom is 0.294 e. The number of carbonyl (C=O) groups is 3. The third-order valence-electron chi connectivity index (χ3n) is 5.72. The van der Waals surface area contributed by atoms with E-state index in [9.17, 15) is 19.5 Å². The van der Waals surface area contributed by atoms with Crippen molar-refractivity contribution in [2.75, 3.05) is 26.1 Å². The second kappa shape index (κ2) is 9.23. The highest BCUT2D eigenvalue weighted by molar-refractivity contribution is 6.21. The molecule has 0 aromatic heterocycles. The van der Waals surface area contributed by atoms with Crippen molar-refractivity contribution in [1.29, 1.82) is 0 Å². The van der Waals surface area contributed by atoms with Gasteiger partial charge in [-0.05, 0) is 54.1 Å². The zero-order chi connectivity index (χ0) is 24.4. The predicted octanol–water partition coefficient (Wildman–Crippen LogP) is 4.18. The number of benzene rings is 3. The van der Waals surface area contributed by atoms with E-state index in [1.807, 2.05) is 18.2 Å². The van der Waals surface area contributed by atoms with Crippen molar-refractivity contribution in [3.8, 4) is 5.75 Å². The van der Waals surface area contributed by atoms with Crippen LogP contribution in [0.25, 0.3) is 0 Å². The maximum absolute atomic E-state index is 13.5. The van der Waals surface area contributed by atoms with E-state index < -0.39 is 23.5 Å². The van der Waals surface area contributed by atoms with Crippen molar-refractivity contribution in [3.63, 3.8) is 0 Å². The van der Waals surface area contributed by atoms with Gasteiger partial charge in [-0.15, -0.1) is 0 Å². The molecule has 1 heterocycles. The lowest BCUT2D eigenvalue weighted by atomic mass is 9.92. The summed E-state index contributed by atoms with van der Waals surface area (Å²) in [5.74, 6) is -1.31. The number of Topliss-reactive ketones (excluding diaryl/α,β-unsaturated/α-hetero) is 1. The molecule has 172 valence electrons. The van der Waals surface area contributed by atoms with Crippen LogP contribution in [0.4, 0.5) is 5.69 Å². The fourth-order valence-corrected chi connectivity index (χ4v) is 3.97. The van der Waals surface area contributed by atoms with Gasteiger partial charge in [0.25, 0.3) is 11.8 Å². The molecule has 3 aromatic carbocycles. The van der Waals surface area contributed by atoms with Gasteiger partial charge in [0.05, 0.1) is 18.7 Å². The molecule has 1 unspecified atom stereocenters. The van der Waals surface area contributed by atoms with E-state index in [1.165, 1.54) is 16.9 Å². The Morgan fingerprint density at radius 2 is 1.47 bits per heavy atom. The van der Waals surface area contributed by atoms with Crippen molar-refractivity contribution >= 4 is 23.3 Å². The molecule has 1 aliphatic heterocycles. The van der Waals surface area contributed by atoms with Crippen LogP contribution < -0.4 is 9.64 Å². The first-order valence-electron chi connectivity index (χ1n) is 10.7. The van der Waals surface area contributed by atoms with Gasteiger partial charge >= 0.3 is 0 Å². The van der Waals surface area contributed by atoms with Crippen molar-refractivity contribution in [3.05, 3.63) is 107 Å². The van der Waals surface area contributed by atoms with E-state index in [0.717, 1.165) is 0 Å². The van der Waals surface area contributed by atoms with E-state index in [0.29, 0.717) is 28.1 Å². The molecule has 1 N–H and O–H groups in total. The third-order valence-corrected chi connectivity index (χ3v) is 5.72. The largest absolute Gasteiger partial charge is 0.503 e. The van der Waals surface area contributed by atoms with Gasteiger partial charge in [0.2, 0.25) is 0 Å². The number of nitrogens with zero attached hydrogens (tertiary/aromatic N) is 2. The quantitative estimate of drug-likeness (QED) is 0.563. The predicted molar refractivity (Wildman–Crippen MR) is 128 cm³/mol. The van der Waals surface area contributed by atoms with Gasteiger partial charge in [-0.25, -0.2) is 0 Å². The molecule has 0 bridgehead atoms. The van der Waals surface area contributed by atoms with E-state index in [2.05, 4.69) is 0 Å². The molecule has 0 fully saturated rings. The molecule has 0 aliphatic carbocycles. The third kappa shape index (κ3) is 4.03. The minimum atomic E-state index is -0.835. The number of ketones is 1. The molecule has 3 aromatic rings. The summed E-state index contributed by atoms with van der Waals surface area (Å²) in [5.41, 5.74) is 1.91. The SMILES string of the molecule is COc1ccc(C(=O)C2=C(O)C(=O)N(c3ccc(C(=O)N(C)C)cc3)C2c2ccccc2)cc1. The fourth-order valence-electron chi connectivity index (χ4n) is 3.97. The molecule has 4 rings (SSSR count). The molecule has 1 atom stereocenters. The van der Waals surface area contributed by atoms with Gasteiger partial charge in [0.15, 0.2) is 11.5 Å². The first-order chi connectivity index (χ1) is 16.3. The number of methoxy groups -OCH3 is 1. The molecule has 0 saturated heterocycles. The highest BCUT2D eigenvalue weighted by atomic mass is 16.5. The second-order valence-corrected chi connectivity index (χ2v) is 8.05. The molecule has 7 nitrogen and oxygen atoms in total. The van der Waals surface area contributed by atoms with Crippen molar-refractivity contribution in [1.82, 2.24) is 4.90 Å². The van der Waals surface area contributed by atoms with Crippen molar-refractivity contribution in [2.24, 2.45) is 0 Å². The Morgan fingerprint density at radius 3 is 2.03 bits per heavy atom. The Morgan fingerprint density at radius 1 is 0.882 bits per heavy atom. The Balaban J connectivity index is 1.78. The average molecular weight is 456 g/mol. The van der Waals surface area contributed by atoms with Gasteiger partial charge in [-0.2, -0.15) is 0 Å². The smallest absolute Gasteiger partial charge is 0.294 e. The van der Waals surface area contributed by atoms with Crippen LogP contribution in [-0.4, -0.2) is 48.8 Å². The highest BCUT2D eigenvalue weighted by Crippen LogP contribution is 2.42. The second-order valence-electron chi connectivity index (χ2n) is 8.05. The summed E-state index contributed by atoms with van der Waals surface area (Å²) in [7, 11) is 4.84. The number of hydrogen-bond donors (Lipinski definition) is 1. The molecule has 0 saturated carbocycles. The minimum Gasteiger partial charge on any atom is -0.503 e. The Labute approximate surface area is 197 Å². The lowest BCUT2D eigenvalue weighted by Crippen LogP contribution is -2.31. The Bertz CT molecular complexity index is 1260. The molecule has 0 radical (unpaired) electrons. The van der Waals surface area contributed by atoms with Gasteiger partial charge in [-0.3, -0.25) is 19.3 Å². The standard InChI is InChI=1S/C27H24N2O5/c1-28(2)26(32)19-9-13-20(14-10-19)29-23(17-7-5-4-6-8-17)22(25(31)27(29)33)24(30)18-11-15-21(34-3)16-12-18/h4-16,23,31H,1-3H3. The molecule has 0 spiro atoms. The number of aliphatic hydroxyl groups excluding tert-OH is 1. The van der Waals surface area contributed by atoms with Crippen molar-refractivity contribution in [2.45, 2.75) is 6.04 Å². The fraction of sp³-hybridized carbons (Fsp3) is 0.148. The summed E-state index contributed by atoms with van der Waals surface area (Å²) in [6, 6.07) is 21.2. The zero-order valence-electron chi connectivity index (χ0n) is 19.1. The molecular weight excluding hydrogens is 432 g/mol. The van der Waals surface area contributed by atoms with Crippen LogP contribution in [0.3, 0.4) is 0 Å². The van der Waals surface area contributed by atoms with Crippen LogP contribution in [0, 0.1) is 0 Å². The number of carbonyl (C=O) groups excluding carboxylic acids is 3. The van der Waals surface area contributed by atoms with Crippen LogP contribution >= 0.6 is 0 Å². The lowest BCUT2D eigenvalue weighted by molar-refractivity contribution is -0.117. The summed E-state index contributed by atoms with van der Waals surface area (Å²) in [4.78, 5) is 41.8. The topological polar surface area (TPSA) is 87.1 Å². The number of aliphatic hydroxyl groups is 1. The highest BCUT2D eigenvalue weighted by Gasteiger charge is 2.44. The van der Waals surface area contributed by atoms with Gasteiger partial charge in [0, 0.05) is 30.9 Å². The summed E-state index contributed by atoms with van der Waals surface area (Å²) >= 11 is 0. The molecule has 1 aliphatic rings. The number of ether oxygens (including phenoxy) is 1. The summed E-state index contributed by atoms with van der Waals surface area (Å²) in [6.07, 6.45) is 0. The van der Waals surface area contributed by atoms with Gasteiger partial charge < -0.3 is 14.7 Å². The molecule has 7 heteroatoms. The number of anilines is 1. The number of amides is 2. The van der Waals surface area contributed by atoms with Crippen LogP contribution in [0.5, 0.6) is 5.75 Å². The molecule has 2 amide bonds. The van der Waals surface area contributed by atoms with Crippen molar-refractivity contribution < 1.29 is 24.2 Å². The number of hydrogen-bond acceptors (Lipinski definition) is 5.